The van der Waals surface area contributed by atoms with Crippen molar-refractivity contribution in [3.05, 3.63) is 35.4 Å². The van der Waals surface area contributed by atoms with Crippen LogP contribution in [-0.2, 0) is 15.3 Å². The molecule has 0 bridgehead atoms. The van der Waals surface area contributed by atoms with Gasteiger partial charge in [0, 0.05) is 18.9 Å². The van der Waals surface area contributed by atoms with Crippen LogP contribution >= 0.6 is 0 Å². The molecule has 0 radical (unpaired) electrons. The number of aliphatic hydroxyl groups is 1. The lowest BCUT2D eigenvalue weighted by Gasteiger charge is -2.25. The van der Waals surface area contributed by atoms with Gasteiger partial charge in [-0.2, -0.15) is 0 Å². The van der Waals surface area contributed by atoms with E-state index in [1.54, 1.807) is 19.1 Å². The zero-order valence-electron chi connectivity index (χ0n) is 9.28. The van der Waals surface area contributed by atoms with Crippen molar-refractivity contribution >= 4 is 5.97 Å². The number of hydrogen-bond donors (Lipinski definition) is 1. The fourth-order valence-electron chi connectivity index (χ4n) is 1.44. The SMILES string of the molecule is CCC(=O)OC(C)(O)c1ccccc1C. The van der Waals surface area contributed by atoms with Gasteiger partial charge in [-0.1, -0.05) is 31.2 Å². The molecule has 0 aromatic heterocycles. The number of rotatable bonds is 3. The molecule has 1 rings (SSSR count). The van der Waals surface area contributed by atoms with Crippen LogP contribution in [0.5, 0.6) is 0 Å². The van der Waals surface area contributed by atoms with E-state index in [9.17, 15) is 9.90 Å². The molecule has 1 unspecified atom stereocenters. The van der Waals surface area contributed by atoms with Crippen LogP contribution in [0.1, 0.15) is 31.4 Å². The highest BCUT2D eigenvalue weighted by Crippen LogP contribution is 2.25. The molecule has 0 aliphatic rings. The second kappa shape index (κ2) is 4.45. The first kappa shape index (κ1) is 11.7. The summed E-state index contributed by atoms with van der Waals surface area (Å²) in [5.41, 5.74) is 1.51. The smallest absolute Gasteiger partial charge is 0.308 e. The van der Waals surface area contributed by atoms with Crippen molar-refractivity contribution in [3.8, 4) is 0 Å². The molecule has 0 aliphatic carbocycles. The summed E-state index contributed by atoms with van der Waals surface area (Å²) in [6.45, 7) is 5.03. The molecule has 0 saturated heterocycles. The van der Waals surface area contributed by atoms with Gasteiger partial charge in [0.25, 0.3) is 0 Å². The Morgan fingerprint density at radius 3 is 2.60 bits per heavy atom. The maximum atomic E-state index is 11.1. The third-order valence-electron chi connectivity index (χ3n) is 2.25. The normalized spacial score (nSPS) is 14.4. The number of carbonyl (C=O) groups is 1. The summed E-state index contributed by atoms with van der Waals surface area (Å²) in [7, 11) is 0. The van der Waals surface area contributed by atoms with Crippen LogP contribution in [0, 0.1) is 6.92 Å². The van der Waals surface area contributed by atoms with E-state index in [0.717, 1.165) is 5.56 Å². The maximum Gasteiger partial charge on any atom is 0.308 e. The zero-order chi connectivity index (χ0) is 11.5. The van der Waals surface area contributed by atoms with E-state index in [1.165, 1.54) is 6.92 Å². The molecule has 0 spiro atoms. The van der Waals surface area contributed by atoms with Crippen LogP contribution in [-0.4, -0.2) is 11.1 Å². The van der Waals surface area contributed by atoms with Gasteiger partial charge in [-0.25, -0.2) is 0 Å². The minimum Gasteiger partial charge on any atom is -0.429 e. The first-order valence-corrected chi connectivity index (χ1v) is 4.97. The minimum atomic E-state index is -1.54. The molecule has 1 aromatic carbocycles. The lowest BCUT2D eigenvalue weighted by atomic mass is 10.0. The molecule has 82 valence electrons. The van der Waals surface area contributed by atoms with E-state index in [1.807, 2.05) is 19.1 Å². The Kier molecular flexibility index (Phi) is 3.48. The number of ether oxygens (including phenoxy) is 1. The Morgan fingerprint density at radius 2 is 2.07 bits per heavy atom. The second-order valence-electron chi connectivity index (χ2n) is 3.63. The largest absolute Gasteiger partial charge is 0.429 e. The lowest BCUT2D eigenvalue weighted by molar-refractivity contribution is -0.207. The molecule has 0 saturated carbocycles. The van der Waals surface area contributed by atoms with Crippen LogP contribution in [0.4, 0.5) is 0 Å². The van der Waals surface area contributed by atoms with Gasteiger partial charge in [-0.15, -0.1) is 0 Å². The number of benzene rings is 1. The molecule has 15 heavy (non-hydrogen) atoms. The molecule has 1 atom stereocenters. The molecule has 0 heterocycles. The fourth-order valence-corrected chi connectivity index (χ4v) is 1.44. The van der Waals surface area contributed by atoms with Crippen LogP contribution in [0.15, 0.2) is 24.3 Å². The summed E-state index contributed by atoms with van der Waals surface area (Å²) in [5, 5.41) is 10.0. The van der Waals surface area contributed by atoms with E-state index in [-0.39, 0.29) is 6.42 Å². The molecule has 3 nitrogen and oxygen atoms in total. The van der Waals surface area contributed by atoms with Gasteiger partial charge in [0.2, 0.25) is 5.79 Å². The average Bonchev–Trinajstić information content (AvgIpc) is 2.17. The van der Waals surface area contributed by atoms with E-state index in [2.05, 4.69) is 0 Å². The number of aryl methyl sites for hydroxylation is 1. The first-order valence-electron chi connectivity index (χ1n) is 4.97. The van der Waals surface area contributed by atoms with Crippen LogP contribution in [0.25, 0.3) is 0 Å². The van der Waals surface area contributed by atoms with Crippen molar-refractivity contribution in [2.45, 2.75) is 33.0 Å². The lowest BCUT2D eigenvalue weighted by Crippen LogP contribution is -2.29. The van der Waals surface area contributed by atoms with Crippen LogP contribution in [0.2, 0.25) is 0 Å². The predicted octanol–water partition coefficient (Wildman–Crippen LogP) is 2.11. The summed E-state index contributed by atoms with van der Waals surface area (Å²) in [5.74, 6) is -1.96. The third kappa shape index (κ3) is 2.80. The molecule has 0 aliphatic heterocycles. The van der Waals surface area contributed by atoms with E-state index >= 15 is 0 Å². The first-order chi connectivity index (χ1) is 6.97. The molecule has 0 amide bonds. The van der Waals surface area contributed by atoms with Crippen molar-refractivity contribution in [1.82, 2.24) is 0 Å². The van der Waals surface area contributed by atoms with Crippen LogP contribution in [0.3, 0.4) is 0 Å². The van der Waals surface area contributed by atoms with E-state index < -0.39 is 11.8 Å². The zero-order valence-corrected chi connectivity index (χ0v) is 9.28. The molecule has 1 N–H and O–H groups in total. The van der Waals surface area contributed by atoms with Gasteiger partial charge in [-0.3, -0.25) is 4.79 Å². The Balaban J connectivity index is 2.95. The highest BCUT2D eigenvalue weighted by molar-refractivity contribution is 5.69. The van der Waals surface area contributed by atoms with Crippen molar-refractivity contribution in [2.24, 2.45) is 0 Å². The Morgan fingerprint density at radius 1 is 1.47 bits per heavy atom. The third-order valence-corrected chi connectivity index (χ3v) is 2.25. The highest BCUT2D eigenvalue weighted by atomic mass is 16.7. The van der Waals surface area contributed by atoms with Gasteiger partial charge >= 0.3 is 5.97 Å². The monoisotopic (exact) mass is 208 g/mol. The summed E-state index contributed by atoms with van der Waals surface area (Å²) in [6, 6.07) is 7.29. The van der Waals surface area contributed by atoms with Gasteiger partial charge in [0.15, 0.2) is 0 Å². The maximum absolute atomic E-state index is 11.1. The molecular formula is C12H16O3. The summed E-state index contributed by atoms with van der Waals surface area (Å²) < 4.78 is 4.97. The second-order valence-corrected chi connectivity index (χ2v) is 3.63. The number of esters is 1. The van der Waals surface area contributed by atoms with E-state index in [0.29, 0.717) is 5.56 Å². The van der Waals surface area contributed by atoms with Crippen molar-refractivity contribution < 1.29 is 14.6 Å². The number of hydrogen-bond acceptors (Lipinski definition) is 3. The molecular weight excluding hydrogens is 192 g/mol. The summed E-state index contributed by atoms with van der Waals surface area (Å²) >= 11 is 0. The highest BCUT2D eigenvalue weighted by Gasteiger charge is 2.28. The fraction of sp³-hybridized carbons (Fsp3) is 0.417. The van der Waals surface area contributed by atoms with Gasteiger partial charge < -0.3 is 9.84 Å². The number of carbonyl (C=O) groups excluding carboxylic acids is 1. The molecule has 3 heteroatoms. The molecule has 1 aromatic rings. The predicted molar refractivity (Wildman–Crippen MR) is 57.1 cm³/mol. The Labute approximate surface area is 89.7 Å². The van der Waals surface area contributed by atoms with Crippen molar-refractivity contribution in [3.63, 3.8) is 0 Å². The standard InChI is InChI=1S/C12H16O3/c1-4-11(13)15-12(3,14)10-8-6-5-7-9(10)2/h5-8,14H,4H2,1-3H3. The Bertz CT molecular complexity index is 356. The van der Waals surface area contributed by atoms with Gasteiger partial charge in [0.1, 0.15) is 0 Å². The summed E-state index contributed by atoms with van der Waals surface area (Å²) in [4.78, 5) is 11.1. The van der Waals surface area contributed by atoms with Crippen molar-refractivity contribution in [2.75, 3.05) is 0 Å². The van der Waals surface area contributed by atoms with E-state index in [4.69, 9.17) is 4.74 Å². The minimum absolute atomic E-state index is 0.252. The van der Waals surface area contributed by atoms with Gasteiger partial charge in [-0.05, 0) is 12.5 Å². The summed E-state index contributed by atoms with van der Waals surface area (Å²) in [6.07, 6.45) is 0.252. The van der Waals surface area contributed by atoms with Gasteiger partial charge in [0.05, 0.1) is 0 Å². The van der Waals surface area contributed by atoms with Crippen LogP contribution < -0.4 is 0 Å². The average molecular weight is 208 g/mol. The van der Waals surface area contributed by atoms with Crippen molar-refractivity contribution in [1.29, 1.82) is 0 Å². The molecule has 0 fully saturated rings. The quantitative estimate of drug-likeness (QED) is 0.611. The Hall–Kier alpha value is -1.35. The topological polar surface area (TPSA) is 46.5 Å².